The lowest BCUT2D eigenvalue weighted by Gasteiger charge is -2.26. The Bertz CT molecular complexity index is 759. The van der Waals surface area contributed by atoms with Crippen LogP contribution in [-0.4, -0.2) is 35.4 Å². The first kappa shape index (κ1) is 16.5. The van der Waals surface area contributed by atoms with Gasteiger partial charge >= 0.3 is 5.88 Å². The molecule has 24 heavy (non-hydrogen) atoms. The smallest absolute Gasteiger partial charge is 0.395 e. The summed E-state index contributed by atoms with van der Waals surface area (Å²) in [6.45, 7) is 0.830. The third-order valence-corrected chi connectivity index (χ3v) is 4.42. The molecular weight excluding hydrogens is 334 g/mol. The number of likely N-dealkylation sites (tertiary alicyclic amines) is 1. The van der Waals surface area contributed by atoms with Crippen LogP contribution < -0.4 is 5.32 Å². The molecular formula is C16H16ClN3O4. The van der Waals surface area contributed by atoms with Crippen LogP contribution >= 0.6 is 11.6 Å². The average Bonchev–Trinajstić information content (AvgIpc) is 3.16. The third kappa shape index (κ3) is 3.27. The van der Waals surface area contributed by atoms with Crippen molar-refractivity contribution < 1.29 is 14.1 Å². The molecule has 0 radical (unpaired) electrons. The van der Waals surface area contributed by atoms with E-state index in [0.29, 0.717) is 5.02 Å². The van der Waals surface area contributed by atoms with E-state index in [4.69, 9.17) is 16.0 Å². The summed E-state index contributed by atoms with van der Waals surface area (Å²) in [5.41, 5.74) is 1.05. The van der Waals surface area contributed by atoms with E-state index in [1.165, 1.54) is 12.1 Å². The van der Waals surface area contributed by atoms with Gasteiger partial charge in [-0.05, 0) is 37.2 Å². The van der Waals surface area contributed by atoms with E-state index in [1.807, 2.05) is 31.3 Å². The number of hydrogen-bond acceptors (Lipinski definition) is 5. The van der Waals surface area contributed by atoms with Gasteiger partial charge in [-0.15, -0.1) is 0 Å². The molecule has 2 aromatic rings. The summed E-state index contributed by atoms with van der Waals surface area (Å²) in [5.74, 6) is -0.966. The summed E-state index contributed by atoms with van der Waals surface area (Å²) in [4.78, 5) is 24.4. The van der Waals surface area contributed by atoms with Crippen LogP contribution in [0, 0.1) is 10.1 Å². The van der Waals surface area contributed by atoms with Crippen molar-refractivity contribution >= 4 is 23.4 Å². The predicted molar refractivity (Wildman–Crippen MR) is 88.1 cm³/mol. The molecule has 0 unspecified atom stereocenters. The van der Waals surface area contributed by atoms with Crippen molar-refractivity contribution in [3.63, 3.8) is 0 Å². The van der Waals surface area contributed by atoms with Gasteiger partial charge in [0.25, 0.3) is 5.91 Å². The minimum absolute atomic E-state index is 0.0103. The van der Waals surface area contributed by atoms with E-state index >= 15 is 0 Å². The maximum Gasteiger partial charge on any atom is 0.433 e. The number of hydrogen-bond donors (Lipinski definition) is 1. The molecule has 2 heterocycles. The van der Waals surface area contributed by atoms with Gasteiger partial charge in [-0.1, -0.05) is 23.7 Å². The van der Waals surface area contributed by atoms with Crippen LogP contribution in [0.2, 0.25) is 5.02 Å². The fourth-order valence-corrected chi connectivity index (χ4v) is 3.16. The van der Waals surface area contributed by atoms with E-state index in [0.717, 1.165) is 18.5 Å². The second-order valence-corrected chi connectivity index (χ2v) is 6.18. The SMILES string of the molecule is CN1CC[C@H](NC(=O)c2ccc([N+](=O)[O-])o2)[C@H]1c1ccc(Cl)cc1. The monoisotopic (exact) mass is 349 g/mol. The fraction of sp³-hybridized carbons (Fsp3) is 0.312. The molecule has 1 aliphatic rings. The van der Waals surface area contributed by atoms with Gasteiger partial charge in [-0.3, -0.25) is 19.8 Å². The molecule has 2 atom stereocenters. The first-order chi connectivity index (χ1) is 11.5. The Morgan fingerprint density at radius 3 is 2.67 bits per heavy atom. The Labute approximate surface area is 143 Å². The fourth-order valence-electron chi connectivity index (χ4n) is 3.03. The summed E-state index contributed by atoms with van der Waals surface area (Å²) >= 11 is 5.93. The first-order valence-corrected chi connectivity index (χ1v) is 7.84. The summed E-state index contributed by atoms with van der Waals surface area (Å²) in [6, 6.07) is 9.88. The number of halogens is 1. The molecule has 7 nitrogen and oxygen atoms in total. The Hall–Kier alpha value is -2.38. The highest BCUT2D eigenvalue weighted by molar-refractivity contribution is 6.30. The summed E-state index contributed by atoms with van der Waals surface area (Å²) in [5, 5.41) is 14.2. The lowest BCUT2D eigenvalue weighted by atomic mass is 10.00. The van der Waals surface area contributed by atoms with Gasteiger partial charge in [0.15, 0.2) is 5.76 Å². The van der Waals surface area contributed by atoms with Crippen LogP contribution in [0.15, 0.2) is 40.8 Å². The number of furan rings is 1. The number of nitrogens with one attached hydrogen (secondary N) is 1. The van der Waals surface area contributed by atoms with Crippen LogP contribution in [0.1, 0.15) is 28.6 Å². The Kier molecular flexibility index (Phi) is 4.55. The lowest BCUT2D eigenvalue weighted by molar-refractivity contribution is -0.402. The molecule has 126 valence electrons. The number of likely N-dealkylation sites (N-methyl/N-ethyl adjacent to an activating group) is 1. The molecule has 1 N–H and O–H groups in total. The minimum Gasteiger partial charge on any atom is -0.395 e. The van der Waals surface area contributed by atoms with Crippen LogP contribution in [0.5, 0.6) is 0 Å². The average molecular weight is 350 g/mol. The summed E-state index contributed by atoms with van der Waals surface area (Å²) < 4.78 is 4.96. The van der Waals surface area contributed by atoms with Crippen molar-refractivity contribution in [2.24, 2.45) is 0 Å². The van der Waals surface area contributed by atoms with Crippen molar-refractivity contribution in [2.45, 2.75) is 18.5 Å². The van der Waals surface area contributed by atoms with Crippen LogP contribution in [0.4, 0.5) is 5.88 Å². The molecule has 1 saturated heterocycles. The normalized spacial score (nSPS) is 20.9. The van der Waals surface area contributed by atoms with E-state index in [-0.39, 0.29) is 17.8 Å². The number of carbonyl (C=O) groups is 1. The second-order valence-electron chi connectivity index (χ2n) is 5.74. The molecule has 0 spiro atoms. The van der Waals surface area contributed by atoms with Gasteiger partial charge in [0, 0.05) is 11.6 Å². The molecule has 1 aliphatic heterocycles. The van der Waals surface area contributed by atoms with Crippen molar-refractivity contribution in [3.05, 3.63) is 62.9 Å². The van der Waals surface area contributed by atoms with Gasteiger partial charge in [-0.2, -0.15) is 0 Å². The van der Waals surface area contributed by atoms with Crippen LogP contribution in [0.25, 0.3) is 0 Å². The Morgan fingerprint density at radius 1 is 1.33 bits per heavy atom. The maximum atomic E-state index is 12.3. The number of benzene rings is 1. The van der Waals surface area contributed by atoms with Crippen molar-refractivity contribution in [2.75, 3.05) is 13.6 Å². The molecule has 0 aliphatic carbocycles. The van der Waals surface area contributed by atoms with Gasteiger partial charge in [-0.25, -0.2) is 0 Å². The molecule has 1 amide bonds. The highest BCUT2D eigenvalue weighted by Crippen LogP contribution is 2.32. The topological polar surface area (TPSA) is 88.6 Å². The Morgan fingerprint density at radius 2 is 2.04 bits per heavy atom. The minimum atomic E-state index is -0.670. The zero-order valence-corrected chi connectivity index (χ0v) is 13.7. The molecule has 1 aromatic carbocycles. The maximum absolute atomic E-state index is 12.3. The highest BCUT2D eigenvalue weighted by Gasteiger charge is 2.34. The standard InChI is InChI=1S/C16H16ClN3O4/c1-19-9-8-12(15(19)10-2-4-11(17)5-3-10)18-16(21)13-6-7-14(24-13)20(22)23/h2-7,12,15H,8-9H2,1H3,(H,18,21)/t12-,15+/m0/s1. The number of amides is 1. The zero-order valence-electron chi connectivity index (χ0n) is 12.9. The predicted octanol–water partition coefficient (Wildman–Crippen LogP) is 3.02. The van der Waals surface area contributed by atoms with E-state index in [9.17, 15) is 14.9 Å². The van der Waals surface area contributed by atoms with Gasteiger partial charge in [0.1, 0.15) is 4.92 Å². The van der Waals surface area contributed by atoms with Crippen molar-refractivity contribution in [1.29, 1.82) is 0 Å². The zero-order chi connectivity index (χ0) is 17.3. The quantitative estimate of drug-likeness (QED) is 0.677. The summed E-state index contributed by atoms with van der Waals surface area (Å²) in [7, 11) is 1.99. The highest BCUT2D eigenvalue weighted by atomic mass is 35.5. The molecule has 0 saturated carbocycles. The largest absolute Gasteiger partial charge is 0.433 e. The van der Waals surface area contributed by atoms with Crippen LogP contribution in [0.3, 0.4) is 0 Å². The Balaban J connectivity index is 1.76. The van der Waals surface area contributed by atoms with Gasteiger partial charge in [0.2, 0.25) is 0 Å². The second kappa shape index (κ2) is 6.62. The number of rotatable bonds is 4. The van der Waals surface area contributed by atoms with Gasteiger partial charge < -0.3 is 9.73 Å². The molecule has 8 heteroatoms. The van der Waals surface area contributed by atoms with Crippen LogP contribution in [-0.2, 0) is 0 Å². The molecule has 1 fully saturated rings. The van der Waals surface area contributed by atoms with Crippen molar-refractivity contribution in [3.8, 4) is 0 Å². The van der Waals surface area contributed by atoms with Gasteiger partial charge in [0.05, 0.1) is 18.2 Å². The molecule has 3 rings (SSSR count). The molecule has 0 bridgehead atoms. The summed E-state index contributed by atoms with van der Waals surface area (Å²) in [6.07, 6.45) is 0.776. The van der Waals surface area contributed by atoms with Crippen molar-refractivity contribution in [1.82, 2.24) is 10.2 Å². The number of nitro groups is 1. The van der Waals surface area contributed by atoms with E-state index in [1.54, 1.807) is 0 Å². The first-order valence-electron chi connectivity index (χ1n) is 7.46. The third-order valence-electron chi connectivity index (χ3n) is 4.17. The van der Waals surface area contributed by atoms with E-state index < -0.39 is 16.7 Å². The van der Waals surface area contributed by atoms with E-state index in [2.05, 4.69) is 10.2 Å². The lowest BCUT2D eigenvalue weighted by Crippen LogP contribution is -2.38. The molecule has 1 aromatic heterocycles. The number of carbonyl (C=O) groups excluding carboxylic acids is 1. The number of nitrogens with zero attached hydrogens (tertiary/aromatic N) is 2.